The summed E-state index contributed by atoms with van der Waals surface area (Å²) in [7, 11) is -2.20. The number of nitro groups is 1. The summed E-state index contributed by atoms with van der Waals surface area (Å²) in [4.78, 5) is 26.4. The lowest BCUT2D eigenvalue weighted by molar-refractivity contribution is -0.384. The first-order valence-corrected chi connectivity index (χ1v) is 12.3. The fourth-order valence-corrected chi connectivity index (χ4v) is 4.10. The monoisotopic (exact) mass is 515 g/mol. The maximum Gasteiger partial charge on any atom is 0.269 e. The molecule has 14 heteroatoms. The molecule has 0 aliphatic rings. The Morgan fingerprint density at radius 2 is 1.97 bits per heavy atom. The third-order valence-electron chi connectivity index (χ3n) is 4.36. The predicted molar refractivity (Wildman–Crippen MR) is 126 cm³/mol. The topological polar surface area (TPSA) is 174 Å². The number of amides is 1. The van der Waals surface area contributed by atoms with Crippen LogP contribution in [0.4, 0.5) is 10.8 Å². The van der Waals surface area contributed by atoms with Crippen LogP contribution in [0.15, 0.2) is 53.2 Å². The Balaban J connectivity index is 1.73. The van der Waals surface area contributed by atoms with Crippen molar-refractivity contribution in [2.24, 2.45) is 0 Å². The van der Waals surface area contributed by atoms with Crippen molar-refractivity contribution in [2.45, 2.75) is 11.8 Å². The number of nitrogens with zero attached hydrogens (tertiary/aromatic N) is 4. The van der Waals surface area contributed by atoms with E-state index in [2.05, 4.69) is 14.7 Å². The van der Waals surface area contributed by atoms with Gasteiger partial charge in [0.15, 0.2) is 11.5 Å². The molecule has 0 atom stereocenters. The summed E-state index contributed by atoms with van der Waals surface area (Å²) < 4.78 is 37.7. The van der Waals surface area contributed by atoms with E-state index >= 15 is 0 Å². The molecular formula is C21H17N5O7S2. The summed E-state index contributed by atoms with van der Waals surface area (Å²) in [6, 6.07) is 12.4. The van der Waals surface area contributed by atoms with E-state index in [1.165, 1.54) is 25.3 Å². The number of hydrogen-bond donors (Lipinski definition) is 1. The van der Waals surface area contributed by atoms with Gasteiger partial charge < -0.3 is 9.47 Å². The zero-order valence-electron chi connectivity index (χ0n) is 18.3. The van der Waals surface area contributed by atoms with Crippen LogP contribution in [0.3, 0.4) is 0 Å². The van der Waals surface area contributed by atoms with E-state index in [0.29, 0.717) is 34.2 Å². The summed E-state index contributed by atoms with van der Waals surface area (Å²) in [5, 5.41) is 22.0. The Morgan fingerprint density at radius 1 is 1.26 bits per heavy atom. The summed E-state index contributed by atoms with van der Waals surface area (Å²) in [6.07, 6.45) is 2.25. The van der Waals surface area contributed by atoms with Gasteiger partial charge in [0, 0.05) is 29.9 Å². The largest absolute Gasteiger partial charge is 0.493 e. The second-order valence-electron chi connectivity index (χ2n) is 6.90. The number of nitriles is 1. The zero-order valence-corrected chi connectivity index (χ0v) is 19.9. The summed E-state index contributed by atoms with van der Waals surface area (Å²) >= 11 is 0.674. The molecule has 0 aliphatic heterocycles. The van der Waals surface area contributed by atoms with Crippen LogP contribution in [0.1, 0.15) is 11.1 Å². The van der Waals surface area contributed by atoms with E-state index in [-0.39, 0.29) is 23.0 Å². The molecule has 3 aromatic rings. The van der Waals surface area contributed by atoms with E-state index < -0.39 is 25.8 Å². The number of sulfone groups is 1. The summed E-state index contributed by atoms with van der Waals surface area (Å²) in [5.74, 6) is -0.0745. The number of ether oxygens (including phenoxy) is 2. The van der Waals surface area contributed by atoms with Crippen LogP contribution >= 0.6 is 11.5 Å². The molecule has 0 aliphatic carbocycles. The molecule has 0 unspecified atom stereocenters. The molecule has 12 nitrogen and oxygen atoms in total. The Morgan fingerprint density at radius 3 is 2.54 bits per heavy atom. The van der Waals surface area contributed by atoms with Crippen LogP contribution in [0, 0.1) is 21.4 Å². The molecule has 0 saturated carbocycles. The lowest BCUT2D eigenvalue weighted by Gasteiger charge is -2.11. The molecule has 1 heterocycles. The van der Waals surface area contributed by atoms with E-state index in [4.69, 9.17) is 9.47 Å². The van der Waals surface area contributed by atoms with E-state index in [9.17, 15) is 28.6 Å². The summed E-state index contributed by atoms with van der Waals surface area (Å²) in [6.45, 7) is 0.132. The normalized spacial score (nSPS) is 11.4. The minimum atomic E-state index is -3.63. The van der Waals surface area contributed by atoms with Crippen LogP contribution in [0.2, 0.25) is 0 Å². The van der Waals surface area contributed by atoms with Gasteiger partial charge in [-0.15, -0.1) is 0 Å². The van der Waals surface area contributed by atoms with Gasteiger partial charge >= 0.3 is 0 Å². The number of nitrogens with one attached hydrogen (secondary N) is 1. The second-order valence-corrected chi connectivity index (χ2v) is 9.56. The minimum Gasteiger partial charge on any atom is -0.493 e. The number of anilines is 1. The third kappa shape index (κ3) is 6.59. The quantitative estimate of drug-likeness (QED) is 0.193. The molecule has 1 N–H and O–H groups in total. The molecule has 1 aromatic heterocycles. The van der Waals surface area contributed by atoms with Gasteiger partial charge in [-0.3, -0.25) is 20.2 Å². The maximum absolute atomic E-state index is 12.4. The second kappa shape index (κ2) is 10.7. The van der Waals surface area contributed by atoms with Crippen LogP contribution in [-0.2, 0) is 21.2 Å². The van der Waals surface area contributed by atoms with Gasteiger partial charge in [0.05, 0.1) is 12.0 Å². The number of carbonyl (C=O) groups is 1. The van der Waals surface area contributed by atoms with Gasteiger partial charge in [0.1, 0.15) is 18.2 Å². The number of benzene rings is 2. The highest BCUT2D eigenvalue weighted by atomic mass is 32.2. The average molecular weight is 516 g/mol. The molecule has 35 heavy (non-hydrogen) atoms. The van der Waals surface area contributed by atoms with Gasteiger partial charge in [0.2, 0.25) is 15.0 Å². The molecule has 1 amide bonds. The predicted octanol–water partition coefficient (Wildman–Crippen LogP) is 2.98. The average Bonchev–Trinajstić information content (AvgIpc) is 3.30. The molecule has 0 spiro atoms. The fraction of sp³-hybridized carbons (Fsp3) is 0.143. The van der Waals surface area contributed by atoms with Gasteiger partial charge in [-0.25, -0.2) is 8.42 Å². The Labute approximate surface area is 203 Å². The molecule has 0 radical (unpaired) electrons. The van der Waals surface area contributed by atoms with Crippen LogP contribution < -0.4 is 14.8 Å². The minimum absolute atomic E-state index is 0.0261. The van der Waals surface area contributed by atoms with Crippen LogP contribution in [0.5, 0.6) is 11.5 Å². The SMILES string of the molecule is COc1cc(C=C(C#N)C(=O)Nc2nc(S(C)(=O)=O)ns2)ccc1OCc1ccc([N+](=O)[O-])cc1. The first kappa shape index (κ1) is 25.3. The van der Waals surface area contributed by atoms with Crippen molar-refractivity contribution in [3.63, 3.8) is 0 Å². The Hall–Kier alpha value is -4.35. The zero-order chi connectivity index (χ0) is 25.6. The molecule has 2 aromatic carbocycles. The van der Waals surface area contributed by atoms with Gasteiger partial charge in [-0.1, -0.05) is 6.07 Å². The number of carbonyl (C=O) groups excluding carboxylic acids is 1. The van der Waals surface area contributed by atoms with Gasteiger partial charge in [-0.05, 0) is 41.5 Å². The number of rotatable bonds is 9. The van der Waals surface area contributed by atoms with Crippen molar-refractivity contribution in [1.82, 2.24) is 9.36 Å². The maximum atomic E-state index is 12.4. The first-order valence-electron chi connectivity index (χ1n) is 9.62. The Kier molecular flexibility index (Phi) is 7.74. The van der Waals surface area contributed by atoms with Gasteiger partial charge in [0.25, 0.3) is 16.8 Å². The van der Waals surface area contributed by atoms with Gasteiger partial charge in [-0.2, -0.15) is 14.6 Å². The number of aromatic nitrogens is 2. The number of methoxy groups -OCH3 is 1. The third-order valence-corrected chi connectivity index (χ3v) is 5.96. The number of hydrogen-bond acceptors (Lipinski definition) is 11. The van der Waals surface area contributed by atoms with Crippen molar-refractivity contribution in [3.05, 3.63) is 69.3 Å². The molecule has 3 rings (SSSR count). The molecule has 180 valence electrons. The van der Waals surface area contributed by atoms with Crippen molar-refractivity contribution >= 4 is 44.2 Å². The van der Waals surface area contributed by atoms with E-state index in [0.717, 1.165) is 6.26 Å². The molecule has 0 bridgehead atoms. The van der Waals surface area contributed by atoms with Crippen molar-refractivity contribution in [2.75, 3.05) is 18.7 Å². The summed E-state index contributed by atoms with van der Waals surface area (Å²) in [5.41, 5.74) is 0.885. The smallest absolute Gasteiger partial charge is 0.269 e. The van der Waals surface area contributed by atoms with Crippen LogP contribution in [0.25, 0.3) is 6.08 Å². The standard InChI is InChI=1S/C21H17N5O7S2/c1-32-18-10-14(5-8-17(18)33-12-13-3-6-16(7-4-13)26(28)29)9-15(11-22)19(27)23-20-24-21(25-34-20)35(2,30)31/h3-10H,12H2,1-2H3,(H,23,24,25,27). The highest BCUT2D eigenvalue weighted by Gasteiger charge is 2.18. The Bertz CT molecular complexity index is 1440. The molecule has 0 saturated heterocycles. The molecular weight excluding hydrogens is 498 g/mol. The van der Waals surface area contributed by atoms with Crippen LogP contribution in [-0.4, -0.2) is 42.0 Å². The fourth-order valence-electron chi connectivity index (χ4n) is 2.66. The van der Waals surface area contributed by atoms with E-state index in [1.54, 1.807) is 36.4 Å². The molecule has 0 fully saturated rings. The number of non-ortho nitro benzene ring substituents is 1. The number of nitro benzene ring substituents is 1. The van der Waals surface area contributed by atoms with Crippen molar-refractivity contribution in [3.8, 4) is 17.6 Å². The van der Waals surface area contributed by atoms with Crippen molar-refractivity contribution < 1.29 is 27.6 Å². The highest BCUT2D eigenvalue weighted by molar-refractivity contribution is 7.90. The highest BCUT2D eigenvalue weighted by Crippen LogP contribution is 2.30. The van der Waals surface area contributed by atoms with E-state index in [1.807, 2.05) is 0 Å². The lowest BCUT2D eigenvalue weighted by atomic mass is 10.1. The first-order chi connectivity index (χ1) is 16.6. The lowest BCUT2D eigenvalue weighted by Crippen LogP contribution is -2.13. The van der Waals surface area contributed by atoms with Crippen molar-refractivity contribution in [1.29, 1.82) is 5.26 Å².